The SMILES string of the molecule is NC(=O)C1=C(c2ccncc2)CC(=O)N2CCOCCN12. The first-order chi connectivity index (χ1) is 10.2. The van der Waals surface area contributed by atoms with E-state index in [1.807, 2.05) is 0 Å². The third-order valence-corrected chi connectivity index (χ3v) is 3.61. The van der Waals surface area contributed by atoms with Crippen molar-refractivity contribution in [3.63, 3.8) is 0 Å². The highest BCUT2D eigenvalue weighted by Crippen LogP contribution is 2.31. The average molecular weight is 288 g/mol. The van der Waals surface area contributed by atoms with E-state index >= 15 is 0 Å². The standard InChI is InChI=1S/C14H16N4O3/c15-14(20)13-11(10-1-3-16-4-2-10)9-12(19)17-5-7-21-8-6-18(13)17/h1-4H,5-9H2,(H2,15,20). The minimum Gasteiger partial charge on any atom is -0.378 e. The third-order valence-electron chi connectivity index (χ3n) is 3.61. The van der Waals surface area contributed by atoms with Crippen LogP contribution in [0.2, 0.25) is 0 Å². The van der Waals surface area contributed by atoms with Gasteiger partial charge in [-0.2, -0.15) is 0 Å². The van der Waals surface area contributed by atoms with Gasteiger partial charge in [-0.3, -0.25) is 24.6 Å². The number of aromatic nitrogens is 1. The monoisotopic (exact) mass is 288 g/mol. The first-order valence-corrected chi connectivity index (χ1v) is 6.77. The summed E-state index contributed by atoms with van der Waals surface area (Å²) < 4.78 is 5.38. The summed E-state index contributed by atoms with van der Waals surface area (Å²) in [5.41, 5.74) is 7.37. The maximum atomic E-state index is 12.4. The smallest absolute Gasteiger partial charge is 0.267 e. The second-order valence-electron chi connectivity index (χ2n) is 4.86. The molecule has 7 heteroatoms. The van der Waals surface area contributed by atoms with Gasteiger partial charge in [-0.1, -0.05) is 0 Å². The fourth-order valence-corrected chi connectivity index (χ4v) is 2.69. The zero-order valence-electron chi connectivity index (χ0n) is 11.5. The topological polar surface area (TPSA) is 88.8 Å². The molecular weight excluding hydrogens is 272 g/mol. The van der Waals surface area contributed by atoms with E-state index in [-0.39, 0.29) is 12.3 Å². The molecule has 0 aliphatic carbocycles. The Hall–Kier alpha value is -2.41. The van der Waals surface area contributed by atoms with Crippen LogP contribution in [0.15, 0.2) is 30.2 Å². The Balaban J connectivity index is 2.11. The van der Waals surface area contributed by atoms with Crippen molar-refractivity contribution in [1.82, 2.24) is 15.0 Å². The first kappa shape index (κ1) is 13.6. The zero-order valence-corrected chi connectivity index (χ0v) is 11.5. The summed E-state index contributed by atoms with van der Waals surface area (Å²) in [6.45, 7) is 1.76. The predicted molar refractivity (Wildman–Crippen MR) is 74.2 cm³/mol. The molecule has 0 bridgehead atoms. The molecule has 0 atom stereocenters. The summed E-state index contributed by atoms with van der Waals surface area (Å²) in [6.07, 6.45) is 3.41. The molecule has 2 aliphatic heterocycles. The highest BCUT2D eigenvalue weighted by molar-refractivity contribution is 6.05. The van der Waals surface area contributed by atoms with Crippen molar-refractivity contribution in [1.29, 1.82) is 0 Å². The molecule has 3 rings (SSSR count). The van der Waals surface area contributed by atoms with Crippen molar-refractivity contribution in [3.8, 4) is 0 Å². The van der Waals surface area contributed by atoms with E-state index in [1.165, 1.54) is 0 Å². The number of carbonyl (C=O) groups excluding carboxylic acids is 2. The quantitative estimate of drug-likeness (QED) is 0.811. The largest absolute Gasteiger partial charge is 0.378 e. The summed E-state index contributed by atoms with van der Waals surface area (Å²) in [7, 11) is 0. The number of rotatable bonds is 2. The van der Waals surface area contributed by atoms with Crippen LogP contribution in [0.3, 0.4) is 0 Å². The van der Waals surface area contributed by atoms with Gasteiger partial charge in [0.15, 0.2) is 0 Å². The van der Waals surface area contributed by atoms with Gasteiger partial charge in [-0.15, -0.1) is 0 Å². The van der Waals surface area contributed by atoms with E-state index < -0.39 is 5.91 Å². The van der Waals surface area contributed by atoms with Crippen LogP contribution in [-0.2, 0) is 14.3 Å². The van der Waals surface area contributed by atoms with Gasteiger partial charge in [0.25, 0.3) is 5.91 Å². The molecule has 21 heavy (non-hydrogen) atoms. The van der Waals surface area contributed by atoms with Crippen LogP contribution in [0, 0.1) is 0 Å². The molecule has 110 valence electrons. The predicted octanol–water partition coefficient (Wildman–Crippen LogP) is -0.243. The fourth-order valence-electron chi connectivity index (χ4n) is 2.69. The highest BCUT2D eigenvalue weighted by Gasteiger charge is 2.35. The van der Waals surface area contributed by atoms with Crippen molar-refractivity contribution in [2.24, 2.45) is 5.73 Å². The van der Waals surface area contributed by atoms with Crippen molar-refractivity contribution < 1.29 is 14.3 Å². The number of nitrogens with two attached hydrogens (primary N) is 1. The van der Waals surface area contributed by atoms with Crippen LogP contribution in [0.4, 0.5) is 0 Å². The normalized spacial score (nSPS) is 19.3. The lowest BCUT2D eigenvalue weighted by atomic mass is 9.98. The van der Waals surface area contributed by atoms with Gasteiger partial charge >= 0.3 is 0 Å². The number of hydrogen-bond donors (Lipinski definition) is 1. The molecule has 0 unspecified atom stereocenters. The number of carbonyl (C=O) groups is 2. The number of pyridine rings is 1. The van der Waals surface area contributed by atoms with Crippen molar-refractivity contribution >= 4 is 17.4 Å². The second-order valence-corrected chi connectivity index (χ2v) is 4.86. The molecule has 0 radical (unpaired) electrons. The number of nitrogens with zero attached hydrogens (tertiary/aromatic N) is 3. The third kappa shape index (κ3) is 2.47. The average Bonchev–Trinajstić information content (AvgIpc) is 2.73. The number of primary amides is 1. The maximum Gasteiger partial charge on any atom is 0.267 e. The number of fused-ring (bicyclic) bond motifs is 1. The Kier molecular flexibility index (Phi) is 3.57. The van der Waals surface area contributed by atoms with Gasteiger partial charge in [0.05, 0.1) is 32.7 Å². The molecule has 1 aromatic rings. The summed E-state index contributed by atoms with van der Waals surface area (Å²) in [5, 5.41) is 3.20. The number of amides is 2. The lowest BCUT2D eigenvalue weighted by molar-refractivity contribution is -0.146. The molecule has 7 nitrogen and oxygen atoms in total. The van der Waals surface area contributed by atoms with Gasteiger partial charge in [0, 0.05) is 12.4 Å². The Morgan fingerprint density at radius 2 is 1.86 bits per heavy atom. The highest BCUT2D eigenvalue weighted by atomic mass is 16.5. The van der Waals surface area contributed by atoms with Crippen LogP contribution in [0.5, 0.6) is 0 Å². The van der Waals surface area contributed by atoms with Crippen LogP contribution >= 0.6 is 0 Å². The van der Waals surface area contributed by atoms with E-state index in [1.54, 1.807) is 34.5 Å². The molecule has 0 saturated carbocycles. The van der Waals surface area contributed by atoms with Crippen LogP contribution in [-0.4, -0.2) is 53.1 Å². The zero-order chi connectivity index (χ0) is 14.8. The van der Waals surface area contributed by atoms with Gasteiger partial charge in [-0.05, 0) is 23.3 Å². The minimum absolute atomic E-state index is 0.0580. The second kappa shape index (κ2) is 5.53. The Morgan fingerprint density at radius 1 is 1.19 bits per heavy atom. The molecule has 1 fully saturated rings. The number of ether oxygens (including phenoxy) is 1. The van der Waals surface area contributed by atoms with E-state index in [0.29, 0.717) is 37.6 Å². The van der Waals surface area contributed by atoms with Crippen LogP contribution in [0.1, 0.15) is 12.0 Å². The summed E-state index contributed by atoms with van der Waals surface area (Å²) in [4.78, 5) is 28.3. The lowest BCUT2D eigenvalue weighted by Gasteiger charge is -2.39. The number of hydrazine groups is 1. The molecule has 2 amide bonds. The Morgan fingerprint density at radius 3 is 2.52 bits per heavy atom. The van der Waals surface area contributed by atoms with Crippen molar-refractivity contribution in [3.05, 3.63) is 35.8 Å². The maximum absolute atomic E-state index is 12.4. The van der Waals surface area contributed by atoms with Crippen molar-refractivity contribution in [2.75, 3.05) is 26.3 Å². The van der Waals surface area contributed by atoms with Gasteiger partial charge in [0.2, 0.25) is 5.91 Å². The molecule has 1 aromatic heterocycles. The Bertz CT molecular complexity index is 599. The summed E-state index contributed by atoms with van der Waals surface area (Å²) >= 11 is 0. The van der Waals surface area contributed by atoms with Crippen molar-refractivity contribution in [2.45, 2.75) is 6.42 Å². The minimum atomic E-state index is -0.541. The Labute approximate surface area is 122 Å². The van der Waals surface area contributed by atoms with E-state index in [0.717, 1.165) is 5.56 Å². The van der Waals surface area contributed by atoms with E-state index in [4.69, 9.17) is 10.5 Å². The summed E-state index contributed by atoms with van der Waals surface area (Å²) in [5.74, 6) is -0.599. The molecule has 2 aliphatic rings. The molecule has 3 heterocycles. The lowest BCUT2D eigenvalue weighted by Crippen LogP contribution is -2.52. The molecule has 0 spiro atoms. The van der Waals surface area contributed by atoms with Crippen LogP contribution in [0.25, 0.3) is 5.57 Å². The fraction of sp³-hybridized carbons (Fsp3) is 0.357. The van der Waals surface area contributed by atoms with E-state index in [2.05, 4.69) is 4.98 Å². The molecule has 0 aromatic carbocycles. The summed E-state index contributed by atoms with van der Waals surface area (Å²) in [6, 6.07) is 3.55. The first-order valence-electron chi connectivity index (χ1n) is 6.77. The van der Waals surface area contributed by atoms with Gasteiger partial charge < -0.3 is 10.5 Å². The van der Waals surface area contributed by atoms with E-state index in [9.17, 15) is 9.59 Å². The molecule has 1 saturated heterocycles. The molecule has 2 N–H and O–H groups in total. The number of hydrogen-bond acceptors (Lipinski definition) is 5. The van der Waals surface area contributed by atoms with Gasteiger partial charge in [0.1, 0.15) is 5.70 Å². The molecular formula is C14H16N4O3. The van der Waals surface area contributed by atoms with Crippen LogP contribution < -0.4 is 5.73 Å². The van der Waals surface area contributed by atoms with Gasteiger partial charge in [-0.25, -0.2) is 0 Å².